The number of carbonyl (C=O) groups excluding carboxylic acids is 2. The zero-order valence-electron chi connectivity index (χ0n) is 15.2. The minimum atomic E-state index is -0.414. The van der Waals surface area contributed by atoms with Crippen LogP contribution in [0.5, 0.6) is 5.75 Å². The summed E-state index contributed by atoms with van der Waals surface area (Å²) >= 11 is 1.35. The number of ether oxygens (including phenoxy) is 2. The lowest BCUT2D eigenvalue weighted by molar-refractivity contribution is -0.143. The Hall–Kier alpha value is -2.93. The normalized spacial score (nSPS) is 11.6. The van der Waals surface area contributed by atoms with E-state index < -0.39 is 5.91 Å². The number of para-hydroxylation sites is 2. The van der Waals surface area contributed by atoms with Gasteiger partial charge < -0.3 is 14.0 Å². The molecule has 0 aliphatic rings. The van der Waals surface area contributed by atoms with E-state index in [2.05, 4.69) is 4.99 Å². The van der Waals surface area contributed by atoms with E-state index in [1.165, 1.54) is 11.3 Å². The van der Waals surface area contributed by atoms with Gasteiger partial charge in [0.1, 0.15) is 12.3 Å². The number of nitrogens with zero attached hydrogens (tertiary/aromatic N) is 2. The largest absolute Gasteiger partial charge is 0.483 e. The first-order valence-electron chi connectivity index (χ1n) is 8.58. The molecular formula is C20H20N2O4S. The molecule has 7 heteroatoms. The smallest absolute Gasteiger partial charge is 0.326 e. The molecular weight excluding hydrogens is 364 g/mol. The predicted molar refractivity (Wildman–Crippen MR) is 104 cm³/mol. The first-order chi connectivity index (χ1) is 13.1. The van der Waals surface area contributed by atoms with Crippen molar-refractivity contribution in [1.82, 2.24) is 4.57 Å². The molecule has 6 nitrogen and oxygen atoms in total. The quantitative estimate of drug-likeness (QED) is 0.613. The molecule has 2 aromatic carbocycles. The Balaban J connectivity index is 1.86. The molecule has 0 spiro atoms. The van der Waals surface area contributed by atoms with Crippen molar-refractivity contribution < 1.29 is 19.1 Å². The van der Waals surface area contributed by atoms with E-state index >= 15 is 0 Å². The maximum atomic E-state index is 12.3. The fraction of sp³-hybridized carbons (Fsp3) is 0.250. The summed E-state index contributed by atoms with van der Waals surface area (Å²) in [6.45, 7) is 3.81. The Morgan fingerprint density at radius 3 is 2.63 bits per heavy atom. The fourth-order valence-electron chi connectivity index (χ4n) is 2.59. The van der Waals surface area contributed by atoms with Crippen molar-refractivity contribution in [3.8, 4) is 5.75 Å². The Morgan fingerprint density at radius 1 is 1.11 bits per heavy atom. The summed E-state index contributed by atoms with van der Waals surface area (Å²) in [6, 6.07) is 15.1. The standard InChI is InChI=1S/C20H20N2O4S/c1-3-25-19(24)12-22-15-9-5-7-11-17(15)27-20(22)21-18(23)13-26-16-10-6-4-8-14(16)2/h4-11H,3,12-13H2,1-2H3. The van der Waals surface area contributed by atoms with E-state index in [-0.39, 0.29) is 19.1 Å². The number of benzene rings is 2. The highest BCUT2D eigenvalue weighted by atomic mass is 32.1. The third-order valence-corrected chi connectivity index (χ3v) is 4.91. The topological polar surface area (TPSA) is 69.9 Å². The molecule has 0 fully saturated rings. The van der Waals surface area contributed by atoms with Gasteiger partial charge in [-0.15, -0.1) is 0 Å². The fourth-order valence-corrected chi connectivity index (χ4v) is 3.64. The Labute approximate surface area is 160 Å². The molecule has 1 amide bonds. The van der Waals surface area contributed by atoms with Crippen molar-refractivity contribution in [2.75, 3.05) is 13.2 Å². The van der Waals surface area contributed by atoms with Crippen molar-refractivity contribution >= 4 is 33.4 Å². The van der Waals surface area contributed by atoms with Gasteiger partial charge in [0, 0.05) is 0 Å². The molecule has 0 saturated carbocycles. The average Bonchev–Trinajstić information content (AvgIpc) is 2.98. The summed E-state index contributed by atoms with van der Waals surface area (Å²) < 4.78 is 13.2. The maximum absolute atomic E-state index is 12.3. The second-order valence-electron chi connectivity index (χ2n) is 5.80. The molecule has 0 radical (unpaired) electrons. The zero-order chi connectivity index (χ0) is 19.2. The van der Waals surface area contributed by atoms with Gasteiger partial charge in [0.2, 0.25) is 0 Å². The Bertz CT molecular complexity index is 1040. The molecule has 27 heavy (non-hydrogen) atoms. The summed E-state index contributed by atoms with van der Waals surface area (Å²) in [5.41, 5.74) is 1.78. The molecule has 3 rings (SSSR count). The van der Waals surface area contributed by atoms with Crippen LogP contribution in [0.3, 0.4) is 0 Å². The number of amides is 1. The van der Waals surface area contributed by atoms with Crippen molar-refractivity contribution in [3.05, 3.63) is 58.9 Å². The van der Waals surface area contributed by atoms with Crippen molar-refractivity contribution in [2.24, 2.45) is 4.99 Å². The molecule has 0 aliphatic heterocycles. The van der Waals surface area contributed by atoms with Crippen molar-refractivity contribution in [3.63, 3.8) is 0 Å². The minimum Gasteiger partial charge on any atom is -0.483 e. The number of carbonyl (C=O) groups is 2. The van der Waals surface area contributed by atoms with Crippen LogP contribution in [0.2, 0.25) is 0 Å². The van der Waals surface area contributed by atoms with Gasteiger partial charge in [-0.05, 0) is 37.6 Å². The van der Waals surface area contributed by atoms with Crippen LogP contribution < -0.4 is 9.54 Å². The lowest BCUT2D eigenvalue weighted by Crippen LogP contribution is -2.24. The molecule has 0 atom stereocenters. The van der Waals surface area contributed by atoms with Crippen molar-refractivity contribution in [1.29, 1.82) is 0 Å². The first kappa shape index (κ1) is 18.8. The summed E-state index contributed by atoms with van der Waals surface area (Å²) in [7, 11) is 0. The third kappa shape index (κ3) is 4.62. The van der Waals surface area contributed by atoms with Crippen LogP contribution in [-0.4, -0.2) is 29.7 Å². The van der Waals surface area contributed by atoms with E-state index in [4.69, 9.17) is 9.47 Å². The molecule has 0 N–H and O–H groups in total. The van der Waals surface area contributed by atoms with Gasteiger partial charge in [0.05, 0.1) is 16.8 Å². The zero-order valence-corrected chi connectivity index (χ0v) is 16.0. The Kier molecular flexibility index (Phi) is 6.03. The van der Waals surface area contributed by atoms with Gasteiger partial charge in [0.25, 0.3) is 5.91 Å². The molecule has 1 aromatic heterocycles. The number of aryl methyl sites for hydroxylation is 1. The van der Waals surface area contributed by atoms with E-state index in [0.717, 1.165) is 15.8 Å². The number of rotatable bonds is 6. The highest BCUT2D eigenvalue weighted by Crippen LogP contribution is 2.17. The van der Waals surface area contributed by atoms with Crippen LogP contribution >= 0.6 is 11.3 Å². The number of hydrogen-bond donors (Lipinski definition) is 0. The lowest BCUT2D eigenvalue weighted by atomic mass is 10.2. The average molecular weight is 384 g/mol. The number of esters is 1. The minimum absolute atomic E-state index is 0.00260. The number of hydrogen-bond acceptors (Lipinski definition) is 5. The number of fused-ring (bicyclic) bond motifs is 1. The van der Waals surface area contributed by atoms with Crippen LogP contribution in [0.4, 0.5) is 0 Å². The summed E-state index contributed by atoms with van der Waals surface area (Å²) in [5, 5.41) is 0. The second-order valence-corrected chi connectivity index (χ2v) is 6.81. The highest BCUT2D eigenvalue weighted by molar-refractivity contribution is 7.16. The van der Waals surface area contributed by atoms with Gasteiger partial charge in [-0.3, -0.25) is 9.59 Å². The molecule has 0 unspecified atom stereocenters. The molecule has 140 valence electrons. The summed E-state index contributed by atoms with van der Waals surface area (Å²) in [4.78, 5) is 28.9. The maximum Gasteiger partial charge on any atom is 0.326 e. The molecule has 3 aromatic rings. The molecule has 0 aliphatic carbocycles. The van der Waals surface area contributed by atoms with Crippen LogP contribution in [0, 0.1) is 6.92 Å². The second kappa shape index (κ2) is 8.64. The van der Waals surface area contributed by atoms with Gasteiger partial charge in [0.15, 0.2) is 11.4 Å². The molecule has 0 bridgehead atoms. The van der Waals surface area contributed by atoms with Crippen LogP contribution in [0.1, 0.15) is 12.5 Å². The Morgan fingerprint density at radius 2 is 1.85 bits per heavy atom. The monoisotopic (exact) mass is 384 g/mol. The summed E-state index contributed by atoms with van der Waals surface area (Å²) in [6.07, 6.45) is 0. The first-order valence-corrected chi connectivity index (χ1v) is 9.40. The van der Waals surface area contributed by atoms with Gasteiger partial charge in [-0.25, -0.2) is 0 Å². The molecule has 0 saturated heterocycles. The predicted octanol–water partition coefficient (Wildman–Crippen LogP) is 3.08. The van der Waals surface area contributed by atoms with E-state index in [1.807, 2.05) is 55.5 Å². The van der Waals surface area contributed by atoms with Gasteiger partial charge in [-0.2, -0.15) is 4.99 Å². The van der Waals surface area contributed by atoms with Crippen LogP contribution in [-0.2, 0) is 20.9 Å². The van der Waals surface area contributed by atoms with Crippen LogP contribution in [0.25, 0.3) is 10.2 Å². The van der Waals surface area contributed by atoms with E-state index in [0.29, 0.717) is 17.2 Å². The summed E-state index contributed by atoms with van der Waals surface area (Å²) in [5.74, 6) is -0.134. The number of aromatic nitrogens is 1. The third-order valence-electron chi connectivity index (χ3n) is 3.85. The number of thiazole rings is 1. The van der Waals surface area contributed by atoms with Crippen LogP contribution in [0.15, 0.2) is 53.5 Å². The van der Waals surface area contributed by atoms with E-state index in [9.17, 15) is 9.59 Å². The highest BCUT2D eigenvalue weighted by Gasteiger charge is 2.12. The molecule has 1 heterocycles. The van der Waals surface area contributed by atoms with E-state index in [1.54, 1.807) is 11.5 Å². The lowest BCUT2D eigenvalue weighted by Gasteiger charge is -2.06. The van der Waals surface area contributed by atoms with Crippen molar-refractivity contribution in [2.45, 2.75) is 20.4 Å². The van der Waals surface area contributed by atoms with Gasteiger partial charge in [-0.1, -0.05) is 41.7 Å². The SMILES string of the molecule is CCOC(=O)Cn1c(=NC(=O)COc2ccccc2C)sc2ccccc21. The van der Waals surface area contributed by atoms with Gasteiger partial charge >= 0.3 is 5.97 Å².